The van der Waals surface area contributed by atoms with Crippen molar-refractivity contribution in [1.29, 1.82) is 0 Å². The summed E-state index contributed by atoms with van der Waals surface area (Å²) < 4.78 is 16.2. The van der Waals surface area contributed by atoms with Crippen molar-refractivity contribution in [2.75, 3.05) is 12.9 Å². The van der Waals surface area contributed by atoms with Gasteiger partial charge in [0.25, 0.3) is 5.91 Å². The summed E-state index contributed by atoms with van der Waals surface area (Å²) >= 11 is 2.72. The first kappa shape index (κ1) is 34.7. The molecule has 11 nitrogen and oxygen atoms in total. The molecule has 0 aliphatic carbocycles. The summed E-state index contributed by atoms with van der Waals surface area (Å²) in [4.78, 5) is 67.8. The highest BCUT2D eigenvalue weighted by Crippen LogP contribution is 2.42. The molecule has 0 radical (unpaired) electrons. The van der Waals surface area contributed by atoms with Crippen LogP contribution in [0.2, 0.25) is 0 Å². The lowest BCUT2D eigenvalue weighted by Gasteiger charge is -2.49. The van der Waals surface area contributed by atoms with Gasteiger partial charge in [0.15, 0.2) is 6.10 Å². The Morgan fingerprint density at radius 3 is 2.15 bits per heavy atom. The molecule has 3 heterocycles. The van der Waals surface area contributed by atoms with Crippen LogP contribution in [-0.2, 0) is 46.4 Å². The van der Waals surface area contributed by atoms with Crippen LogP contribution in [0.3, 0.4) is 0 Å². The number of amides is 3. The molecule has 1 saturated heterocycles. The second-order valence-electron chi connectivity index (χ2n) is 12.2. The van der Waals surface area contributed by atoms with E-state index in [9.17, 15) is 24.0 Å². The summed E-state index contributed by atoms with van der Waals surface area (Å²) in [5.74, 6) is -1.86. The predicted octanol–water partition coefficient (Wildman–Crippen LogP) is 4.87. The molecule has 48 heavy (non-hydrogen) atoms. The molecular weight excluding hydrogens is 655 g/mol. The molecule has 2 N–H and O–H groups in total. The number of nitrogens with one attached hydrogen (secondary N) is 2. The van der Waals surface area contributed by atoms with Gasteiger partial charge < -0.3 is 24.8 Å². The van der Waals surface area contributed by atoms with Crippen molar-refractivity contribution in [1.82, 2.24) is 15.5 Å². The molecule has 1 aromatic heterocycles. The number of carbonyl (C=O) groups excluding carboxylic acids is 5. The van der Waals surface area contributed by atoms with Crippen LogP contribution in [0.1, 0.15) is 54.2 Å². The number of methoxy groups -OCH3 is 1. The summed E-state index contributed by atoms with van der Waals surface area (Å²) in [6.45, 7) is 5.60. The lowest BCUT2D eigenvalue weighted by atomic mass is 10.00. The maximum Gasteiger partial charge on any atom is 0.407 e. The maximum absolute atomic E-state index is 14.0. The number of hydrogen-bond donors (Lipinski definition) is 2. The van der Waals surface area contributed by atoms with Crippen LogP contribution < -0.4 is 10.6 Å². The van der Waals surface area contributed by atoms with Crippen molar-refractivity contribution in [3.8, 4) is 0 Å². The second-order valence-corrected chi connectivity index (χ2v) is 14.5. The van der Waals surface area contributed by atoms with Crippen LogP contribution in [-0.4, -0.2) is 64.6 Å². The number of carbonyl (C=O) groups is 5. The SMILES string of the molecule is COC(=O)CC1=C(C(=O)OC(c2ccccc2)c2ccccc2)N2C(=O)[C@@H](NC(=O)Cc3ccc(CNC(=O)OC(C)(C)C)s3)[C@@H]2SC1. The molecular formula is C35H37N3O8S2. The molecule has 2 aromatic carbocycles. The lowest BCUT2D eigenvalue weighted by Crippen LogP contribution is -2.70. The smallest absolute Gasteiger partial charge is 0.407 e. The van der Waals surface area contributed by atoms with Gasteiger partial charge in [0.05, 0.1) is 26.5 Å². The molecule has 2 atom stereocenters. The summed E-state index contributed by atoms with van der Waals surface area (Å²) in [7, 11) is 1.26. The number of nitrogens with zero attached hydrogens (tertiary/aromatic N) is 1. The largest absolute Gasteiger partial charge is 0.469 e. The number of esters is 2. The van der Waals surface area contributed by atoms with E-state index < -0.39 is 47.1 Å². The zero-order valence-electron chi connectivity index (χ0n) is 27.0. The van der Waals surface area contributed by atoms with Gasteiger partial charge in [0, 0.05) is 15.5 Å². The highest BCUT2D eigenvalue weighted by Gasteiger charge is 2.54. The molecule has 252 valence electrons. The topological polar surface area (TPSA) is 140 Å². The van der Waals surface area contributed by atoms with E-state index >= 15 is 0 Å². The minimum atomic E-state index is -0.864. The van der Waals surface area contributed by atoms with E-state index in [1.165, 1.54) is 35.1 Å². The summed E-state index contributed by atoms with van der Waals surface area (Å²) in [5, 5.41) is 4.95. The number of β-lactam (4-membered cyclic amide) rings is 1. The number of hydrogen-bond acceptors (Lipinski definition) is 10. The Kier molecular flexibility index (Phi) is 10.9. The van der Waals surface area contributed by atoms with Gasteiger partial charge in [-0.05, 0) is 49.6 Å². The molecule has 3 aromatic rings. The van der Waals surface area contributed by atoms with Crippen LogP contribution in [0.15, 0.2) is 84.1 Å². The van der Waals surface area contributed by atoms with E-state index in [1.54, 1.807) is 26.8 Å². The van der Waals surface area contributed by atoms with Gasteiger partial charge in [-0.1, -0.05) is 60.7 Å². The third kappa shape index (κ3) is 8.45. The highest BCUT2D eigenvalue weighted by molar-refractivity contribution is 8.00. The molecule has 0 spiro atoms. The first-order chi connectivity index (χ1) is 22.9. The number of fused-ring (bicyclic) bond motifs is 1. The lowest BCUT2D eigenvalue weighted by molar-refractivity contribution is -0.154. The molecule has 5 rings (SSSR count). The van der Waals surface area contributed by atoms with E-state index in [-0.39, 0.29) is 36.7 Å². The number of alkyl carbamates (subject to hydrolysis) is 1. The summed E-state index contributed by atoms with van der Waals surface area (Å²) in [6.07, 6.45) is -1.45. The van der Waals surface area contributed by atoms with Gasteiger partial charge in [-0.2, -0.15) is 0 Å². The average molecular weight is 692 g/mol. The molecule has 1 fully saturated rings. The van der Waals surface area contributed by atoms with Gasteiger partial charge in [0.1, 0.15) is 22.7 Å². The van der Waals surface area contributed by atoms with Crippen molar-refractivity contribution >= 4 is 52.9 Å². The number of thioether (sulfide) groups is 1. The Morgan fingerprint density at radius 2 is 1.54 bits per heavy atom. The third-order valence-corrected chi connectivity index (χ3v) is 9.85. The monoisotopic (exact) mass is 691 g/mol. The molecule has 0 saturated carbocycles. The number of ether oxygens (including phenoxy) is 3. The molecule has 2 aliphatic heterocycles. The Morgan fingerprint density at radius 1 is 0.917 bits per heavy atom. The van der Waals surface area contributed by atoms with E-state index in [0.717, 1.165) is 20.9 Å². The van der Waals surface area contributed by atoms with Crippen molar-refractivity contribution in [2.45, 2.75) is 63.3 Å². The fourth-order valence-electron chi connectivity index (χ4n) is 5.27. The van der Waals surface area contributed by atoms with Crippen molar-refractivity contribution < 1.29 is 38.2 Å². The van der Waals surface area contributed by atoms with Crippen LogP contribution in [0.5, 0.6) is 0 Å². The average Bonchev–Trinajstić information content (AvgIpc) is 3.51. The Balaban J connectivity index is 1.27. The molecule has 0 bridgehead atoms. The van der Waals surface area contributed by atoms with Gasteiger partial charge in [-0.3, -0.25) is 19.3 Å². The Bertz CT molecular complexity index is 1660. The first-order valence-electron chi connectivity index (χ1n) is 15.3. The number of rotatable bonds is 11. The number of benzene rings is 2. The Labute approximate surface area is 287 Å². The van der Waals surface area contributed by atoms with Gasteiger partial charge in [0.2, 0.25) is 5.91 Å². The minimum absolute atomic E-state index is 0.00287. The van der Waals surface area contributed by atoms with E-state index in [1.807, 2.05) is 66.7 Å². The fourth-order valence-corrected chi connectivity index (χ4v) is 7.57. The van der Waals surface area contributed by atoms with Crippen molar-refractivity contribution in [3.05, 3.63) is 105 Å². The molecule has 13 heteroatoms. The summed E-state index contributed by atoms with van der Waals surface area (Å²) in [6, 6.07) is 21.3. The third-order valence-electron chi connectivity index (χ3n) is 7.43. The molecule has 3 amide bonds. The van der Waals surface area contributed by atoms with Gasteiger partial charge in [-0.15, -0.1) is 23.1 Å². The first-order valence-corrected chi connectivity index (χ1v) is 17.2. The zero-order valence-corrected chi connectivity index (χ0v) is 28.7. The molecule has 2 aliphatic rings. The number of thiophene rings is 1. The van der Waals surface area contributed by atoms with Crippen LogP contribution in [0, 0.1) is 0 Å². The van der Waals surface area contributed by atoms with Crippen molar-refractivity contribution in [2.24, 2.45) is 0 Å². The van der Waals surface area contributed by atoms with Gasteiger partial charge >= 0.3 is 18.0 Å². The summed E-state index contributed by atoms with van der Waals surface area (Å²) in [5.41, 5.74) is 1.28. The van der Waals surface area contributed by atoms with Crippen LogP contribution in [0.4, 0.5) is 4.79 Å². The van der Waals surface area contributed by atoms with E-state index in [4.69, 9.17) is 14.2 Å². The highest BCUT2D eigenvalue weighted by atomic mass is 32.2. The minimum Gasteiger partial charge on any atom is -0.469 e. The second kappa shape index (κ2) is 15.1. The van der Waals surface area contributed by atoms with Gasteiger partial charge in [-0.25, -0.2) is 9.59 Å². The quantitative estimate of drug-likeness (QED) is 0.164. The molecule has 0 unspecified atom stereocenters. The van der Waals surface area contributed by atoms with E-state index in [2.05, 4.69) is 10.6 Å². The van der Waals surface area contributed by atoms with Crippen LogP contribution >= 0.6 is 23.1 Å². The fraction of sp³-hybridized carbons (Fsp3) is 0.343. The van der Waals surface area contributed by atoms with Crippen molar-refractivity contribution in [3.63, 3.8) is 0 Å². The standard InChI is InChI=1S/C35H37N3O8S2/c1-35(2,3)46-34(43)36-19-25-16-15-24(48-25)18-26(39)37-28-31(41)38-29(23(17-27(40)44-4)20-47-32(28)38)33(42)45-30(21-11-7-5-8-12-21)22-13-9-6-10-14-22/h5-16,28,30,32H,17-20H2,1-4H3,(H,36,43)(H,37,39)/t28-,32+/m1/s1. The normalized spacial score (nSPS) is 17.3. The predicted molar refractivity (Wildman–Crippen MR) is 181 cm³/mol. The Hall–Kier alpha value is -4.62. The van der Waals surface area contributed by atoms with E-state index in [0.29, 0.717) is 5.57 Å². The zero-order chi connectivity index (χ0) is 34.4. The maximum atomic E-state index is 14.0. The van der Waals surface area contributed by atoms with Crippen LogP contribution in [0.25, 0.3) is 0 Å².